The molecule has 0 aliphatic heterocycles. The third kappa shape index (κ3) is 4.28. The highest BCUT2D eigenvalue weighted by Gasteiger charge is 2.28. The molecule has 2 heterocycles. The first kappa shape index (κ1) is 23.8. The number of halogens is 1. The summed E-state index contributed by atoms with van der Waals surface area (Å²) in [6, 6.07) is 16.6. The molecule has 2 aromatic heterocycles. The summed E-state index contributed by atoms with van der Waals surface area (Å²) in [5, 5.41) is 9.02. The van der Waals surface area contributed by atoms with Gasteiger partial charge in [0.05, 0.1) is 23.0 Å². The van der Waals surface area contributed by atoms with Gasteiger partial charge in [-0.2, -0.15) is 0 Å². The summed E-state index contributed by atoms with van der Waals surface area (Å²) in [6.07, 6.45) is 0. The number of benzene rings is 2. The van der Waals surface area contributed by atoms with Crippen LogP contribution >= 0.6 is 23.4 Å². The third-order valence-electron chi connectivity index (χ3n) is 5.40. The Morgan fingerprint density at radius 2 is 1.79 bits per heavy atom. The maximum atomic E-state index is 13.8. The topological polar surface area (TPSA) is 83.9 Å². The van der Waals surface area contributed by atoms with Crippen LogP contribution < -0.4 is 5.56 Å². The number of esters is 1. The Balaban J connectivity index is 1.95. The van der Waals surface area contributed by atoms with Crippen LogP contribution in [-0.4, -0.2) is 42.0 Å². The molecule has 0 bridgehead atoms. The summed E-state index contributed by atoms with van der Waals surface area (Å²) < 4.78 is 10.2. The van der Waals surface area contributed by atoms with Crippen molar-refractivity contribution in [2.75, 3.05) is 6.61 Å². The van der Waals surface area contributed by atoms with Gasteiger partial charge in [0.2, 0.25) is 0 Å². The van der Waals surface area contributed by atoms with Gasteiger partial charge in [0.25, 0.3) is 5.56 Å². The average molecular weight is 498 g/mol. The van der Waals surface area contributed by atoms with Crippen LogP contribution in [0.3, 0.4) is 0 Å². The van der Waals surface area contributed by atoms with E-state index in [2.05, 4.69) is 10.2 Å². The molecule has 0 fully saturated rings. The summed E-state index contributed by atoms with van der Waals surface area (Å²) in [5.74, 6) is 0.0444. The summed E-state index contributed by atoms with van der Waals surface area (Å²) in [7, 11) is 1.82. The van der Waals surface area contributed by atoms with Gasteiger partial charge in [0, 0.05) is 12.6 Å². The minimum Gasteiger partial charge on any atom is -0.465 e. The van der Waals surface area contributed by atoms with Crippen molar-refractivity contribution in [3.63, 3.8) is 0 Å². The van der Waals surface area contributed by atoms with Crippen LogP contribution in [0.1, 0.15) is 19.5 Å². The Kier molecular flexibility index (Phi) is 6.95. The number of para-hydroxylation sites is 1. The maximum absolute atomic E-state index is 13.8. The molecule has 8 nitrogen and oxygen atoms in total. The second-order valence-corrected chi connectivity index (χ2v) is 9.26. The van der Waals surface area contributed by atoms with Gasteiger partial charge in [-0.25, -0.2) is 4.68 Å². The van der Waals surface area contributed by atoms with Gasteiger partial charge in [-0.3, -0.25) is 18.8 Å². The fraction of sp³-hybridized carbons (Fsp3) is 0.250. The van der Waals surface area contributed by atoms with Gasteiger partial charge < -0.3 is 4.74 Å². The summed E-state index contributed by atoms with van der Waals surface area (Å²) in [5.41, 5.74) is 2.19. The molecule has 4 rings (SSSR count). The number of carbonyl (C=O) groups excluding carboxylic acids is 1. The third-order valence-corrected chi connectivity index (χ3v) is 6.75. The fourth-order valence-corrected chi connectivity index (χ4v) is 4.71. The van der Waals surface area contributed by atoms with Crippen molar-refractivity contribution >= 4 is 29.3 Å². The molecule has 0 saturated heterocycles. The van der Waals surface area contributed by atoms with E-state index in [0.717, 1.165) is 5.69 Å². The zero-order chi connectivity index (χ0) is 24.4. The molecule has 4 aromatic rings. The highest BCUT2D eigenvalue weighted by molar-refractivity contribution is 8.00. The minimum atomic E-state index is -0.553. The number of ether oxygens (including phenoxy) is 1. The predicted octanol–water partition coefficient (Wildman–Crippen LogP) is 4.43. The zero-order valence-electron chi connectivity index (χ0n) is 19.2. The van der Waals surface area contributed by atoms with E-state index in [1.54, 1.807) is 33.8 Å². The van der Waals surface area contributed by atoms with Crippen LogP contribution in [0.4, 0.5) is 0 Å². The SMILES string of the molecule is CCOC(=O)C(C)Sc1nnc(-c2ccccc2Cl)n1-c1c(C)n(C)n(-c2ccccc2)c1=O. The van der Waals surface area contributed by atoms with Crippen LogP contribution in [0.25, 0.3) is 22.8 Å². The van der Waals surface area contributed by atoms with E-state index in [9.17, 15) is 9.59 Å². The summed E-state index contributed by atoms with van der Waals surface area (Å²) in [6.45, 7) is 5.63. The predicted molar refractivity (Wildman–Crippen MR) is 133 cm³/mol. The fourth-order valence-electron chi connectivity index (χ4n) is 3.64. The van der Waals surface area contributed by atoms with E-state index in [1.165, 1.54) is 11.8 Å². The first-order valence-corrected chi connectivity index (χ1v) is 12.0. The number of hydrogen-bond acceptors (Lipinski definition) is 6. The normalized spacial score (nSPS) is 12.0. The standard InChI is InChI=1S/C24H24ClN5O3S/c1-5-33-23(32)16(3)34-24-27-26-21(18-13-9-10-14-19(18)25)29(24)20-15(2)28(4)30(22(20)31)17-11-7-6-8-12-17/h6-14,16H,5H2,1-4H3. The van der Waals surface area contributed by atoms with Gasteiger partial charge >= 0.3 is 5.97 Å². The van der Waals surface area contributed by atoms with E-state index in [4.69, 9.17) is 16.3 Å². The van der Waals surface area contributed by atoms with Crippen molar-refractivity contribution in [1.29, 1.82) is 0 Å². The van der Waals surface area contributed by atoms with Crippen molar-refractivity contribution in [3.8, 4) is 22.8 Å². The molecular formula is C24H24ClN5O3S. The molecule has 0 spiro atoms. The van der Waals surface area contributed by atoms with Crippen molar-refractivity contribution in [1.82, 2.24) is 24.1 Å². The molecule has 0 amide bonds. The van der Waals surface area contributed by atoms with Gasteiger partial charge in [0.15, 0.2) is 11.0 Å². The van der Waals surface area contributed by atoms with Crippen LogP contribution in [-0.2, 0) is 16.6 Å². The lowest BCUT2D eigenvalue weighted by Crippen LogP contribution is -2.22. The number of aromatic nitrogens is 5. The van der Waals surface area contributed by atoms with Crippen molar-refractivity contribution in [2.24, 2.45) is 7.05 Å². The zero-order valence-corrected chi connectivity index (χ0v) is 20.8. The van der Waals surface area contributed by atoms with E-state index in [-0.39, 0.29) is 18.1 Å². The van der Waals surface area contributed by atoms with Crippen molar-refractivity contribution < 1.29 is 9.53 Å². The van der Waals surface area contributed by atoms with E-state index < -0.39 is 5.25 Å². The smallest absolute Gasteiger partial charge is 0.319 e. The van der Waals surface area contributed by atoms with Crippen molar-refractivity contribution in [3.05, 3.63) is 75.7 Å². The Bertz CT molecular complexity index is 1390. The lowest BCUT2D eigenvalue weighted by molar-refractivity contribution is -0.142. The monoisotopic (exact) mass is 497 g/mol. The number of carbonyl (C=O) groups is 1. The lowest BCUT2D eigenvalue weighted by atomic mass is 10.2. The van der Waals surface area contributed by atoms with Gasteiger partial charge in [-0.15, -0.1) is 10.2 Å². The largest absolute Gasteiger partial charge is 0.465 e. The van der Waals surface area contributed by atoms with Crippen LogP contribution in [0.5, 0.6) is 0 Å². The quantitative estimate of drug-likeness (QED) is 0.277. The minimum absolute atomic E-state index is 0.245. The molecule has 34 heavy (non-hydrogen) atoms. The highest BCUT2D eigenvalue weighted by Crippen LogP contribution is 2.33. The molecule has 0 aliphatic carbocycles. The molecule has 176 valence electrons. The molecule has 2 aromatic carbocycles. The second-order valence-electron chi connectivity index (χ2n) is 7.54. The number of rotatable bonds is 7. The average Bonchev–Trinajstić information content (AvgIpc) is 3.32. The van der Waals surface area contributed by atoms with E-state index in [0.29, 0.717) is 32.9 Å². The molecule has 1 unspecified atom stereocenters. The summed E-state index contributed by atoms with van der Waals surface area (Å²) >= 11 is 7.66. The number of nitrogens with zero attached hydrogens (tertiary/aromatic N) is 5. The van der Waals surface area contributed by atoms with Gasteiger partial charge in [0.1, 0.15) is 10.9 Å². The van der Waals surface area contributed by atoms with Crippen LogP contribution in [0.15, 0.2) is 64.5 Å². The Hall–Kier alpha value is -3.30. The Morgan fingerprint density at radius 1 is 1.12 bits per heavy atom. The van der Waals surface area contributed by atoms with Crippen molar-refractivity contribution in [2.45, 2.75) is 31.2 Å². The molecule has 0 radical (unpaired) electrons. The number of hydrogen-bond donors (Lipinski definition) is 0. The number of thioether (sulfide) groups is 1. The molecule has 10 heteroatoms. The first-order valence-electron chi connectivity index (χ1n) is 10.7. The molecule has 1 atom stereocenters. The van der Waals surface area contributed by atoms with Crippen LogP contribution in [0.2, 0.25) is 5.02 Å². The van der Waals surface area contributed by atoms with Gasteiger partial charge in [-0.1, -0.05) is 53.7 Å². The molecule has 0 aliphatic rings. The van der Waals surface area contributed by atoms with E-state index in [1.807, 2.05) is 62.5 Å². The molecular weight excluding hydrogens is 474 g/mol. The molecule has 0 N–H and O–H groups in total. The lowest BCUT2D eigenvalue weighted by Gasteiger charge is -2.12. The molecule has 0 saturated carbocycles. The maximum Gasteiger partial charge on any atom is 0.319 e. The van der Waals surface area contributed by atoms with E-state index >= 15 is 0 Å². The van der Waals surface area contributed by atoms with Gasteiger partial charge in [-0.05, 0) is 45.0 Å². The Labute approximate surface area is 206 Å². The highest BCUT2D eigenvalue weighted by atomic mass is 35.5. The van der Waals surface area contributed by atoms with Crippen LogP contribution in [0, 0.1) is 6.92 Å². The second kappa shape index (κ2) is 9.90. The first-order chi connectivity index (χ1) is 16.3. The Morgan fingerprint density at radius 3 is 2.47 bits per heavy atom. The summed E-state index contributed by atoms with van der Waals surface area (Å²) in [4.78, 5) is 26.1.